The first-order chi connectivity index (χ1) is 11.8. The van der Waals surface area contributed by atoms with Gasteiger partial charge >= 0.3 is 5.97 Å². The fourth-order valence-corrected chi connectivity index (χ4v) is 3.66. The SMILES string of the molecule is COC(=O)c1ccc(S(=O)(=O)NCCCc2ccc(C)cc2C)cc1. The number of hydrogen-bond donors (Lipinski definition) is 1. The monoisotopic (exact) mass is 361 g/mol. The summed E-state index contributed by atoms with van der Waals surface area (Å²) in [7, 11) is -2.30. The van der Waals surface area contributed by atoms with Crippen molar-refractivity contribution in [2.45, 2.75) is 31.6 Å². The van der Waals surface area contributed by atoms with Gasteiger partial charge in [-0.1, -0.05) is 23.8 Å². The number of methoxy groups -OCH3 is 1. The van der Waals surface area contributed by atoms with E-state index in [1.807, 2.05) is 0 Å². The van der Waals surface area contributed by atoms with Crippen molar-refractivity contribution in [1.82, 2.24) is 4.72 Å². The molecule has 0 atom stereocenters. The number of ether oxygens (including phenoxy) is 1. The largest absolute Gasteiger partial charge is 0.465 e. The number of sulfonamides is 1. The molecule has 0 aliphatic rings. The van der Waals surface area contributed by atoms with E-state index in [1.165, 1.54) is 48.1 Å². The molecule has 0 aliphatic heterocycles. The Hall–Kier alpha value is -2.18. The normalized spacial score (nSPS) is 11.3. The average molecular weight is 361 g/mol. The van der Waals surface area contributed by atoms with E-state index in [0.717, 1.165) is 6.42 Å². The molecular weight excluding hydrogens is 338 g/mol. The smallest absolute Gasteiger partial charge is 0.337 e. The number of benzene rings is 2. The summed E-state index contributed by atoms with van der Waals surface area (Å²) < 4.78 is 31.7. The van der Waals surface area contributed by atoms with Crippen molar-refractivity contribution in [1.29, 1.82) is 0 Å². The van der Waals surface area contributed by atoms with Gasteiger partial charge in [0.05, 0.1) is 17.6 Å². The van der Waals surface area contributed by atoms with E-state index in [-0.39, 0.29) is 4.90 Å². The van der Waals surface area contributed by atoms with Crippen LogP contribution in [0.15, 0.2) is 47.4 Å². The maximum atomic E-state index is 12.3. The van der Waals surface area contributed by atoms with Gasteiger partial charge in [-0.05, 0) is 62.1 Å². The highest BCUT2D eigenvalue weighted by atomic mass is 32.2. The van der Waals surface area contributed by atoms with Crippen LogP contribution in [0.4, 0.5) is 0 Å². The zero-order chi connectivity index (χ0) is 18.4. The minimum atomic E-state index is -3.58. The van der Waals surface area contributed by atoms with Crippen molar-refractivity contribution < 1.29 is 17.9 Å². The molecule has 25 heavy (non-hydrogen) atoms. The first-order valence-electron chi connectivity index (χ1n) is 8.07. The molecule has 0 spiro atoms. The molecule has 0 bridgehead atoms. The first-order valence-corrected chi connectivity index (χ1v) is 9.56. The summed E-state index contributed by atoms with van der Waals surface area (Å²) in [5.41, 5.74) is 3.99. The Morgan fingerprint density at radius 3 is 2.36 bits per heavy atom. The van der Waals surface area contributed by atoms with Crippen molar-refractivity contribution in [3.8, 4) is 0 Å². The van der Waals surface area contributed by atoms with Gasteiger partial charge in [-0.3, -0.25) is 0 Å². The summed E-state index contributed by atoms with van der Waals surface area (Å²) in [6, 6.07) is 12.0. The van der Waals surface area contributed by atoms with E-state index in [0.29, 0.717) is 18.5 Å². The lowest BCUT2D eigenvalue weighted by atomic mass is 10.0. The van der Waals surface area contributed by atoms with Gasteiger partial charge in [0.2, 0.25) is 10.0 Å². The standard InChI is InChI=1S/C19H23NO4S/c1-14-6-7-16(15(2)13-14)5-4-12-20-25(22,23)18-10-8-17(9-11-18)19(21)24-3/h6-11,13,20H,4-5,12H2,1-3H3. The lowest BCUT2D eigenvalue weighted by Crippen LogP contribution is -2.25. The molecule has 134 valence electrons. The van der Waals surface area contributed by atoms with Crippen molar-refractivity contribution in [3.63, 3.8) is 0 Å². The van der Waals surface area contributed by atoms with E-state index < -0.39 is 16.0 Å². The number of esters is 1. The Kier molecular flexibility index (Phi) is 6.33. The molecule has 0 aliphatic carbocycles. The number of hydrogen-bond acceptors (Lipinski definition) is 4. The van der Waals surface area contributed by atoms with Crippen LogP contribution in [-0.2, 0) is 21.2 Å². The second-order valence-electron chi connectivity index (χ2n) is 5.95. The van der Waals surface area contributed by atoms with E-state index in [2.05, 4.69) is 41.5 Å². The number of carbonyl (C=O) groups excluding carboxylic acids is 1. The Labute approximate surface area is 149 Å². The minimum Gasteiger partial charge on any atom is -0.465 e. The van der Waals surface area contributed by atoms with Gasteiger partial charge in [0.1, 0.15) is 0 Å². The summed E-state index contributed by atoms with van der Waals surface area (Å²) in [5.74, 6) is -0.495. The zero-order valence-electron chi connectivity index (χ0n) is 14.7. The minimum absolute atomic E-state index is 0.131. The van der Waals surface area contributed by atoms with Gasteiger partial charge in [0.25, 0.3) is 0 Å². The fourth-order valence-electron chi connectivity index (χ4n) is 2.58. The highest BCUT2D eigenvalue weighted by Crippen LogP contribution is 2.14. The predicted octanol–water partition coefficient (Wildman–Crippen LogP) is 3.00. The van der Waals surface area contributed by atoms with Gasteiger partial charge in [0, 0.05) is 6.54 Å². The second kappa shape index (κ2) is 8.27. The third kappa shape index (κ3) is 5.14. The Bertz CT molecular complexity index is 842. The third-order valence-electron chi connectivity index (χ3n) is 4.00. The van der Waals surface area contributed by atoms with E-state index in [9.17, 15) is 13.2 Å². The fraction of sp³-hybridized carbons (Fsp3) is 0.316. The maximum absolute atomic E-state index is 12.3. The summed E-state index contributed by atoms with van der Waals surface area (Å²) >= 11 is 0. The lowest BCUT2D eigenvalue weighted by Gasteiger charge is -2.09. The van der Waals surface area contributed by atoms with E-state index in [4.69, 9.17) is 0 Å². The van der Waals surface area contributed by atoms with E-state index >= 15 is 0 Å². The molecule has 0 amide bonds. The zero-order valence-corrected chi connectivity index (χ0v) is 15.5. The Morgan fingerprint density at radius 1 is 1.08 bits per heavy atom. The van der Waals surface area contributed by atoms with Crippen LogP contribution >= 0.6 is 0 Å². The average Bonchev–Trinajstić information content (AvgIpc) is 2.59. The number of rotatable bonds is 7. The summed E-state index contributed by atoms with van der Waals surface area (Å²) in [5, 5.41) is 0. The molecule has 0 heterocycles. The van der Waals surface area contributed by atoms with Crippen LogP contribution in [-0.4, -0.2) is 28.0 Å². The van der Waals surface area contributed by atoms with Crippen molar-refractivity contribution >= 4 is 16.0 Å². The number of nitrogens with one attached hydrogen (secondary N) is 1. The van der Waals surface area contributed by atoms with Crippen molar-refractivity contribution in [3.05, 3.63) is 64.7 Å². The van der Waals surface area contributed by atoms with Gasteiger partial charge in [-0.2, -0.15) is 0 Å². The van der Waals surface area contributed by atoms with Gasteiger partial charge in [-0.15, -0.1) is 0 Å². The topological polar surface area (TPSA) is 72.5 Å². The molecule has 2 aromatic rings. The quantitative estimate of drug-likeness (QED) is 0.608. The van der Waals surface area contributed by atoms with Crippen LogP contribution in [0.1, 0.15) is 33.5 Å². The maximum Gasteiger partial charge on any atom is 0.337 e. The van der Waals surface area contributed by atoms with Gasteiger partial charge in [0.15, 0.2) is 0 Å². The first kappa shape index (κ1) is 19.1. The van der Waals surface area contributed by atoms with Crippen LogP contribution in [0, 0.1) is 13.8 Å². The highest BCUT2D eigenvalue weighted by molar-refractivity contribution is 7.89. The Balaban J connectivity index is 1.92. The molecule has 6 heteroatoms. The molecule has 0 radical (unpaired) electrons. The van der Waals surface area contributed by atoms with E-state index in [1.54, 1.807) is 0 Å². The molecule has 0 saturated heterocycles. The lowest BCUT2D eigenvalue weighted by molar-refractivity contribution is 0.0600. The molecule has 2 aromatic carbocycles. The van der Waals surface area contributed by atoms with Crippen LogP contribution in [0.25, 0.3) is 0 Å². The number of carbonyl (C=O) groups is 1. The Morgan fingerprint density at radius 2 is 1.76 bits per heavy atom. The number of aryl methyl sites for hydroxylation is 3. The van der Waals surface area contributed by atoms with Gasteiger partial charge < -0.3 is 4.74 Å². The van der Waals surface area contributed by atoms with Gasteiger partial charge in [-0.25, -0.2) is 17.9 Å². The van der Waals surface area contributed by atoms with Crippen molar-refractivity contribution in [2.24, 2.45) is 0 Å². The molecule has 1 N–H and O–H groups in total. The van der Waals surface area contributed by atoms with Crippen LogP contribution in [0.3, 0.4) is 0 Å². The van der Waals surface area contributed by atoms with Crippen molar-refractivity contribution in [2.75, 3.05) is 13.7 Å². The molecule has 0 saturated carbocycles. The molecule has 0 unspecified atom stereocenters. The molecule has 0 aromatic heterocycles. The molecular formula is C19H23NO4S. The summed E-state index contributed by atoms with van der Waals surface area (Å²) in [6.07, 6.45) is 1.53. The summed E-state index contributed by atoms with van der Waals surface area (Å²) in [4.78, 5) is 11.5. The second-order valence-corrected chi connectivity index (χ2v) is 7.71. The van der Waals surface area contributed by atoms with Crippen LogP contribution < -0.4 is 4.72 Å². The molecule has 2 rings (SSSR count). The van der Waals surface area contributed by atoms with Crippen LogP contribution in [0.5, 0.6) is 0 Å². The molecule has 0 fully saturated rings. The molecule has 5 nitrogen and oxygen atoms in total. The predicted molar refractivity (Wildman–Crippen MR) is 97.2 cm³/mol. The third-order valence-corrected chi connectivity index (χ3v) is 5.48. The summed E-state index contributed by atoms with van der Waals surface area (Å²) in [6.45, 7) is 4.47. The van der Waals surface area contributed by atoms with Crippen LogP contribution in [0.2, 0.25) is 0 Å². The highest BCUT2D eigenvalue weighted by Gasteiger charge is 2.14.